The van der Waals surface area contributed by atoms with Crippen molar-refractivity contribution in [2.24, 2.45) is 16.9 Å². The van der Waals surface area contributed by atoms with Crippen LogP contribution in [0.3, 0.4) is 0 Å². The van der Waals surface area contributed by atoms with Crippen LogP contribution in [-0.2, 0) is 14.8 Å². The van der Waals surface area contributed by atoms with Crippen LogP contribution in [0.25, 0.3) is 0 Å². The molecule has 1 heterocycles. The van der Waals surface area contributed by atoms with Gasteiger partial charge in [-0.25, -0.2) is 8.42 Å². The summed E-state index contributed by atoms with van der Waals surface area (Å²) in [6.07, 6.45) is 1.33. The Balaban J connectivity index is 1.92. The van der Waals surface area contributed by atoms with Crippen molar-refractivity contribution in [1.82, 2.24) is 4.31 Å². The minimum absolute atomic E-state index is 0.0366. The lowest BCUT2D eigenvalue weighted by molar-refractivity contribution is -0.385. The summed E-state index contributed by atoms with van der Waals surface area (Å²) in [6.45, 7) is 10.2. The first-order valence-corrected chi connectivity index (χ1v) is 14.0. The van der Waals surface area contributed by atoms with Gasteiger partial charge in [-0.15, -0.1) is 0 Å². The molecule has 0 amide bonds. The lowest BCUT2D eigenvalue weighted by Crippen LogP contribution is -2.40. The molecule has 0 unspecified atom stereocenters. The molecule has 39 heavy (non-hydrogen) atoms. The highest BCUT2D eigenvalue weighted by atomic mass is 32.2. The van der Waals surface area contributed by atoms with E-state index in [4.69, 9.17) is 4.74 Å². The zero-order valence-corrected chi connectivity index (χ0v) is 23.3. The van der Waals surface area contributed by atoms with Crippen molar-refractivity contribution in [1.29, 1.82) is 0 Å². The number of hydrazone groups is 1. The van der Waals surface area contributed by atoms with Crippen LogP contribution in [0.4, 0.5) is 22.7 Å². The van der Waals surface area contributed by atoms with Crippen LogP contribution in [0, 0.1) is 32.1 Å². The summed E-state index contributed by atoms with van der Waals surface area (Å²) in [4.78, 5) is 23.8. The minimum atomic E-state index is -4.08. The van der Waals surface area contributed by atoms with Crippen LogP contribution >= 0.6 is 0 Å². The smallest absolute Gasteiger partial charge is 0.293 e. The lowest BCUT2D eigenvalue weighted by Gasteiger charge is -2.28. The summed E-state index contributed by atoms with van der Waals surface area (Å²) in [5, 5.41) is 27.3. The molecule has 0 aromatic heterocycles. The standard InChI is InChI=1S/C25H34N6O7S/c1-18(2)16-28(17-19(3)4)23-8-5-20(13-24(23)31(34)35)15-26-27-22-7-6-21(30(32)33)14-25(22)39(36,37)29-9-11-38-12-10-29/h5-8,13-15,18-19,27H,9-12,16-17H2,1-4H3/b26-15+. The number of benzene rings is 2. The summed E-state index contributed by atoms with van der Waals surface area (Å²) in [5.41, 5.74) is 3.17. The maximum atomic E-state index is 13.3. The largest absolute Gasteiger partial charge is 0.379 e. The molecule has 1 N–H and O–H groups in total. The van der Waals surface area contributed by atoms with Crippen LogP contribution < -0.4 is 10.3 Å². The van der Waals surface area contributed by atoms with E-state index in [1.165, 1.54) is 28.7 Å². The van der Waals surface area contributed by atoms with Crippen LogP contribution in [0.1, 0.15) is 33.3 Å². The number of morpholine rings is 1. The fourth-order valence-corrected chi connectivity index (χ4v) is 5.79. The van der Waals surface area contributed by atoms with Gasteiger partial charge in [-0.05, 0) is 24.0 Å². The molecule has 0 aliphatic carbocycles. The predicted octanol–water partition coefficient (Wildman–Crippen LogP) is 4.09. The molecule has 1 fully saturated rings. The normalized spacial score (nSPS) is 14.7. The first-order valence-electron chi connectivity index (χ1n) is 12.6. The third kappa shape index (κ3) is 7.71. The van der Waals surface area contributed by atoms with Crippen LogP contribution in [0.15, 0.2) is 46.4 Å². The Bertz CT molecular complexity index is 1310. The van der Waals surface area contributed by atoms with Crippen molar-refractivity contribution >= 4 is 39.0 Å². The van der Waals surface area contributed by atoms with Crippen molar-refractivity contribution in [2.75, 3.05) is 49.7 Å². The Morgan fingerprint density at radius 2 is 1.67 bits per heavy atom. The van der Waals surface area contributed by atoms with Gasteiger partial charge in [-0.2, -0.15) is 9.41 Å². The van der Waals surface area contributed by atoms with E-state index < -0.39 is 19.9 Å². The highest BCUT2D eigenvalue weighted by Crippen LogP contribution is 2.31. The molecule has 14 heteroatoms. The zero-order valence-electron chi connectivity index (χ0n) is 22.4. The Morgan fingerprint density at radius 1 is 1.03 bits per heavy atom. The van der Waals surface area contributed by atoms with E-state index in [-0.39, 0.29) is 48.3 Å². The van der Waals surface area contributed by atoms with Gasteiger partial charge >= 0.3 is 0 Å². The molecular formula is C25H34N6O7S. The van der Waals surface area contributed by atoms with Crippen LogP contribution in [0.5, 0.6) is 0 Å². The van der Waals surface area contributed by atoms with Gasteiger partial charge in [0.2, 0.25) is 10.0 Å². The second kappa shape index (κ2) is 13.0. The van der Waals surface area contributed by atoms with E-state index >= 15 is 0 Å². The molecule has 1 aliphatic heterocycles. The quantitative estimate of drug-likeness (QED) is 0.228. The van der Waals surface area contributed by atoms with Crippen LogP contribution in [-0.4, -0.2) is 68.2 Å². The number of anilines is 2. The Kier molecular flexibility index (Phi) is 9.94. The fourth-order valence-electron chi connectivity index (χ4n) is 4.22. The molecule has 0 atom stereocenters. The van der Waals surface area contributed by atoms with E-state index in [0.29, 0.717) is 36.2 Å². The number of non-ortho nitro benzene ring substituents is 1. The number of nitrogens with one attached hydrogen (secondary N) is 1. The number of nitrogens with zero attached hydrogens (tertiary/aromatic N) is 5. The molecule has 1 aliphatic rings. The van der Waals surface area contributed by atoms with Gasteiger partial charge in [-0.3, -0.25) is 25.7 Å². The summed E-state index contributed by atoms with van der Waals surface area (Å²) in [5.74, 6) is 0.608. The molecule has 212 valence electrons. The summed E-state index contributed by atoms with van der Waals surface area (Å²) < 4.78 is 33.0. The Morgan fingerprint density at radius 3 is 2.23 bits per heavy atom. The molecule has 2 aromatic rings. The fraction of sp³-hybridized carbons (Fsp3) is 0.480. The monoisotopic (exact) mass is 562 g/mol. The average molecular weight is 563 g/mol. The highest BCUT2D eigenvalue weighted by molar-refractivity contribution is 7.89. The van der Waals surface area contributed by atoms with Crippen molar-refractivity contribution in [3.8, 4) is 0 Å². The zero-order chi connectivity index (χ0) is 28.7. The predicted molar refractivity (Wildman–Crippen MR) is 149 cm³/mol. The maximum absolute atomic E-state index is 13.3. The first-order chi connectivity index (χ1) is 18.4. The van der Waals surface area contributed by atoms with Gasteiger partial charge in [0.25, 0.3) is 11.4 Å². The topological polar surface area (TPSA) is 161 Å². The molecule has 2 aromatic carbocycles. The van der Waals surface area contributed by atoms with Gasteiger partial charge in [0.1, 0.15) is 10.6 Å². The highest BCUT2D eigenvalue weighted by Gasteiger charge is 2.30. The number of ether oxygens (including phenoxy) is 1. The van der Waals surface area contributed by atoms with Crippen molar-refractivity contribution < 1.29 is 23.0 Å². The third-order valence-electron chi connectivity index (χ3n) is 5.87. The molecule has 1 saturated heterocycles. The summed E-state index contributed by atoms with van der Waals surface area (Å²) in [6, 6.07) is 8.22. The summed E-state index contributed by atoms with van der Waals surface area (Å²) >= 11 is 0. The lowest BCUT2D eigenvalue weighted by atomic mass is 10.1. The van der Waals surface area contributed by atoms with E-state index in [1.54, 1.807) is 12.1 Å². The number of sulfonamides is 1. The molecule has 0 saturated carbocycles. The number of nitro groups is 2. The van der Waals surface area contributed by atoms with E-state index in [1.807, 2.05) is 4.90 Å². The maximum Gasteiger partial charge on any atom is 0.293 e. The molecule has 0 radical (unpaired) electrons. The van der Waals surface area contributed by atoms with Gasteiger partial charge in [-0.1, -0.05) is 33.8 Å². The first kappa shape index (κ1) is 29.9. The summed E-state index contributed by atoms with van der Waals surface area (Å²) in [7, 11) is -4.08. The number of nitro benzene ring substituents is 2. The number of rotatable bonds is 12. The van der Waals surface area contributed by atoms with E-state index in [2.05, 4.69) is 38.2 Å². The minimum Gasteiger partial charge on any atom is -0.379 e. The third-order valence-corrected chi connectivity index (χ3v) is 7.81. The van der Waals surface area contributed by atoms with Crippen molar-refractivity contribution in [3.05, 3.63) is 62.2 Å². The number of hydrogen-bond acceptors (Lipinski definition) is 10. The average Bonchev–Trinajstić information content (AvgIpc) is 2.88. The van der Waals surface area contributed by atoms with Gasteiger partial charge in [0.15, 0.2) is 0 Å². The number of hydrogen-bond donors (Lipinski definition) is 1. The molecular weight excluding hydrogens is 528 g/mol. The van der Waals surface area contributed by atoms with Gasteiger partial charge < -0.3 is 9.64 Å². The second-order valence-electron chi connectivity index (χ2n) is 10.0. The molecule has 13 nitrogen and oxygen atoms in total. The Hall–Kier alpha value is -3.62. The SMILES string of the molecule is CC(C)CN(CC(C)C)c1ccc(/C=N/Nc2ccc([N+](=O)[O-])cc2S(=O)(=O)N2CCOCC2)cc1[N+](=O)[O-]. The van der Waals surface area contributed by atoms with Gasteiger partial charge in [0, 0.05) is 49.9 Å². The van der Waals surface area contributed by atoms with Crippen LogP contribution in [0.2, 0.25) is 0 Å². The van der Waals surface area contributed by atoms with Crippen molar-refractivity contribution in [3.63, 3.8) is 0 Å². The molecule has 0 spiro atoms. The molecule has 0 bridgehead atoms. The van der Waals surface area contributed by atoms with Gasteiger partial charge in [0.05, 0.1) is 35.0 Å². The second-order valence-corrected chi connectivity index (χ2v) is 11.9. The van der Waals surface area contributed by atoms with E-state index in [9.17, 15) is 28.6 Å². The Labute approximate surface area is 227 Å². The van der Waals surface area contributed by atoms with Crippen molar-refractivity contribution in [2.45, 2.75) is 32.6 Å². The molecule has 3 rings (SSSR count). The van der Waals surface area contributed by atoms with E-state index in [0.717, 1.165) is 6.07 Å².